The molecule has 2 aromatic carbocycles. The molecule has 0 radical (unpaired) electrons. The van der Waals surface area contributed by atoms with Gasteiger partial charge in [0.25, 0.3) is 0 Å². The molecule has 20 heavy (non-hydrogen) atoms. The maximum atomic E-state index is 5.20. The highest BCUT2D eigenvalue weighted by molar-refractivity contribution is 5.29. The molecule has 0 aliphatic heterocycles. The van der Waals surface area contributed by atoms with E-state index in [0.29, 0.717) is 6.04 Å². The van der Waals surface area contributed by atoms with E-state index in [1.54, 1.807) is 7.11 Å². The molecule has 0 fully saturated rings. The highest BCUT2D eigenvalue weighted by Crippen LogP contribution is 2.22. The van der Waals surface area contributed by atoms with E-state index in [2.05, 4.69) is 47.8 Å². The number of rotatable bonds is 7. The summed E-state index contributed by atoms with van der Waals surface area (Å²) in [6.07, 6.45) is 3.45. The van der Waals surface area contributed by atoms with Crippen molar-refractivity contribution >= 4 is 0 Å². The van der Waals surface area contributed by atoms with Crippen LogP contribution in [0.3, 0.4) is 0 Å². The molecule has 2 nitrogen and oxygen atoms in total. The first-order valence-electron chi connectivity index (χ1n) is 7.18. The van der Waals surface area contributed by atoms with Crippen molar-refractivity contribution in [2.45, 2.75) is 25.3 Å². The molecule has 0 aromatic heterocycles. The van der Waals surface area contributed by atoms with Gasteiger partial charge in [0, 0.05) is 6.04 Å². The van der Waals surface area contributed by atoms with Crippen LogP contribution >= 0.6 is 0 Å². The van der Waals surface area contributed by atoms with Gasteiger partial charge in [-0.1, -0.05) is 42.5 Å². The molecule has 1 N–H and O–H groups in total. The van der Waals surface area contributed by atoms with E-state index in [1.165, 1.54) is 17.5 Å². The van der Waals surface area contributed by atoms with Gasteiger partial charge in [-0.25, -0.2) is 0 Å². The lowest BCUT2D eigenvalue weighted by Gasteiger charge is -2.17. The van der Waals surface area contributed by atoms with Crippen LogP contribution in [0.25, 0.3) is 0 Å². The first-order valence-corrected chi connectivity index (χ1v) is 7.18. The Hall–Kier alpha value is -1.80. The van der Waals surface area contributed by atoms with Crippen LogP contribution < -0.4 is 10.1 Å². The van der Waals surface area contributed by atoms with Crippen LogP contribution in [-0.4, -0.2) is 14.2 Å². The monoisotopic (exact) mass is 269 g/mol. The van der Waals surface area contributed by atoms with Crippen LogP contribution in [0.4, 0.5) is 0 Å². The molecule has 0 spiro atoms. The molecule has 0 heterocycles. The zero-order valence-corrected chi connectivity index (χ0v) is 12.3. The van der Waals surface area contributed by atoms with Crippen molar-refractivity contribution in [3.8, 4) is 5.75 Å². The van der Waals surface area contributed by atoms with Crippen LogP contribution in [0.2, 0.25) is 0 Å². The number of nitrogens with one attached hydrogen (secondary N) is 1. The Morgan fingerprint density at radius 3 is 2.30 bits per heavy atom. The summed E-state index contributed by atoms with van der Waals surface area (Å²) in [6.45, 7) is 0. The van der Waals surface area contributed by atoms with Crippen LogP contribution in [0, 0.1) is 0 Å². The third-order valence-corrected chi connectivity index (χ3v) is 3.67. The van der Waals surface area contributed by atoms with Crippen LogP contribution in [0.5, 0.6) is 5.75 Å². The van der Waals surface area contributed by atoms with E-state index in [4.69, 9.17) is 4.74 Å². The number of hydrogen-bond acceptors (Lipinski definition) is 2. The second-order valence-corrected chi connectivity index (χ2v) is 4.99. The third kappa shape index (κ3) is 4.10. The van der Waals surface area contributed by atoms with E-state index in [1.807, 2.05) is 19.2 Å². The Labute approximate surface area is 121 Å². The average Bonchev–Trinajstić information content (AvgIpc) is 2.53. The van der Waals surface area contributed by atoms with Crippen molar-refractivity contribution in [3.05, 3.63) is 65.7 Å². The van der Waals surface area contributed by atoms with Gasteiger partial charge in [0.15, 0.2) is 0 Å². The molecule has 0 saturated heterocycles. The quantitative estimate of drug-likeness (QED) is 0.821. The molecular weight excluding hydrogens is 246 g/mol. The van der Waals surface area contributed by atoms with Gasteiger partial charge < -0.3 is 10.1 Å². The molecule has 2 heteroatoms. The van der Waals surface area contributed by atoms with E-state index in [-0.39, 0.29) is 0 Å². The molecular formula is C18H23NO. The number of methoxy groups -OCH3 is 1. The van der Waals surface area contributed by atoms with Crippen molar-refractivity contribution in [2.24, 2.45) is 0 Å². The third-order valence-electron chi connectivity index (χ3n) is 3.67. The minimum absolute atomic E-state index is 0.407. The van der Waals surface area contributed by atoms with Gasteiger partial charge in [0.05, 0.1) is 7.11 Å². The second kappa shape index (κ2) is 7.71. The van der Waals surface area contributed by atoms with E-state index < -0.39 is 0 Å². The molecule has 106 valence electrons. The maximum absolute atomic E-state index is 5.20. The van der Waals surface area contributed by atoms with Gasteiger partial charge in [0.1, 0.15) is 5.75 Å². The molecule has 0 bridgehead atoms. The Bertz CT molecular complexity index is 493. The normalized spacial score (nSPS) is 12.1. The number of aryl methyl sites for hydroxylation is 1. The molecule has 2 rings (SSSR count). The molecule has 0 aliphatic rings. The number of hydrogen-bond donors (Lipinski definition) is 1. The summed E-state index contributed by atoms with van der Waals surface area (Å²) in [5, 5.41) is 3.40. The topological polar surface area (TPSA) is 21.3 Å². The van der Waals surface area contributed by atoms with Gasteiger partial charge in [-0.15, -0.1) is 0 Å². The van der Waals surface area contributed by atoms with E-state index in [9.17, 15) is 0 Å². The zero-order valence-electron chi connectivity index (χ0n) is 12.3. The molecule has 0 amide bonds. The molecule has 2 aromatic rings. The zero-order chi connectivity index (χ0) is 14.2. The van der Waals surface area contributed by atoms with Crippen LogP contribution in [0.1, 0.15) is 30.0 Å². The van der Waals surface area contributed by atoms with E-state index in [0.717, 1.165) is 18.6 Å². The van der Waals surface area contributed by atoms with Crippen molar-refractivity contribution in [2.75, 3.05) is 14.2 Å². The van der Waals surface area contributed by atoms with E-state index >= 15 is 0 Å². The van der Waals surface area contributed by atoms with Crippen molar-refractivity contribution in [1.82, 2.24) is 5.32 Å². The molecule has 0 saturated carbocycles. The standard InChI is InChI=1S/C18H23NO/c1-19-18(16-11-13-17(20-2)14-12-16)10-6-9-15-7-4-3-5-8-15/h3-5,7-8,11-14,18-19H,6,9-10H2,1-2H3. The lowest BCUT2D eigenvalue weighted by Crippen LogP contribution is -2.16. The number of benzene rings is 2. The minimum Gasteiger partial charge on any atom is -0.497 e. The Kier molecular flexibility index (Phi) is 5.63. The Morgan fingerprint density at radius 1 is 1.00 bits per heavy atom. The Morgan fingerprint density at radius 2 is 1.70 bits per heavy atom. The first-order chi connectivity index (χ1) is 9.83. The fourth-order valence-electron chi connectivity index (χ4n) is 2.47. The smallest absolute Gasteiger partial charge is 0.118 e. The fraction of sp³-hybridized carbons (Fsp3) is 0.333. The highest BCUT2D eigenvalue weighted by atomic mass is 16.5. The largest absolute Gasteiger partial charge is 0.497 e. The van der Waals surface area contributed by atoms with Gasteiger partial charge in [-0.05, 0) is 49.6 Å². The molecule has 0 aliphatic carbocycles. The predicted octanol–water partition coefficient (Wildman–Crippen LogP) is 3.98. The summed E-state index contributed by atoms with van der Waals surface area (Å²) in [6, 6.07) is 19.4. The lowest BCUT2D eigenvalue weighted by molar-refractivity contribution is 0.414. The summed E-state index contributed by atoms with van der Waals surface area (Å²) >= 11 is 0. The fourth-order valence-corrected chi connectivity index (χ4v) is 2.47. The SMILES string of the molecule is CNC(CCCc1ccccc1)c1ccc(OC)cc1. The van der Waals surface area contributed by atoms with Crippen LogP contribution in [-0.2, 0) is 6.42 Å². The molecule has 1 unspecified atom stereocenters. The summed E-state index contributed by atoms with van der Waals surface area (Å²) in [5.41, 5.74) is 2.73. The van der Waals surface area contributed by atoms with Crippen molar-refractivity contribution in [1.29, 1.82) is 0 Å². The van der Waals surface area contributed by atoms with Gasteiger partial charge in [0.2, 0.25) is 0 Å². The highest BCUT2D eigenvalue weighted by Gasteiger charge is 2.08. The predicted molar refractivity (Wildman–Crippen MR) is 84.2 cm³/mol. The summed E-state index contributed by atoms with van der Waals surface area (Å²) in [7, 11) is 3.72. The lowest BCUT2D eigenvalue weighted by atomic mass is 9.99. The summed E-state index contributed by atoms with van der Waals surface area (Å²) < 4.78 is 5.20. The van der Waals surface area contributed by atoms with Gasteiger partial charge in [-0.3, -0.25) is 0 Å². The van der Waals surface area contributed by atoms with Crippen molar-refractivity contribution in [3.63, 3.8) is 0 Å². The number of ether oxygens (including phenoxy) is 1. The summed E-state index contributed by atoms with van der Waals surface area (Å²) in [5.74, 6) is 0.910. The minimum atomic E-state index is 0.407. The van der Waals surface area contributed by atoms with Gasteiger partial charge >= 0.3 is 0 Å². The van der Waals surface area contributed by atoms with Crippen molar-refractivity contribution < 1.29 is 4.74 Å². The van der Waals surface area contributed by atoms with Crippen LogP contribution in [0.15, 0.2) is 54.6 Å². The first kappa shape index (κ1) is 14.6. The average molecular weight is 269 g/mol. The molecule has 1 atom stereocenters. The van der Waals surface area contributed by atoms with Gasteiger partial charge in [-0.2, -0.15) is 0 Å². The Balaban J connectivity index is 1.88. The maximum Gasteiger partial charge on any atom is 0.118 e. The second-order valence-electron chi connectivity index (χ2n) is 4.99. The summed E-state index contributed by atoms with van der Waals surface area (Å²) in [4.78, 5) is 0.